The van der Waals surface area contributed by atoms with Gasteiger partial charge in [0.25, 0.3) is 0 Å². The molecule has 3 heterocycles. The van der Waals surface area contributed by atoms with Gasteiger partial charge < -0.3 is 5.32 Å². The molecular weight excluding hydrogens is 288 g/mol. The lowest BCUT2D eigenvalue weighted by Gasteiger charge is -2.23. The Morgan fingerprint density at radius 2 is 2.29 bits per heavy atom. The maximum Gasteiger partial charge on any atom is 0.322 e. The fourth-order valence-corrected chi connectivity index (χ4v) is 3.06. The normalized spacial score (nSPS) is 14.6. The highest BCUT2D eigenvalue weighted by Crippen LogP contribution is 2.22. The molecule has 1 aliphatic heterocycles. The average Bonchev–Trinajstić information content (AvgIpc) is 3.06. The quantitative estimate of drug-likeness (QED) is 0.909. The molecule has 0 aromatic carbocycles. The van der Waals surface area contributed by atoms with Crippen molar-refractivity contribution in [1.29, 1.82) is 0 Å². The molecule has 2 N–H and O–H groups in total. The largest absolute Gasteiger partial charge is 0.326 e. The molecule has 21 heavy (non-hydrogen) atoms. The zero-order valence-corrected chi connectivity index (χ0v) is 12.9. The molecule has 0 fully saturated rings. The first-order valence-electron chi connectivity index (χ1n) is 6.97. The number of urea groups is 1. The van der Waals surface area contributed by atoms with Gasteiger partial charge in [0.2, 0.25) is 5.95 Å². The van der Waals surface area contributed by atoms with E-state index in [0.717, 1.165) is 36.6 Å². The number of amides is 2. The molecule has 0 spiro atoms. The average molecular weight is 306 g/mol. The number of rotatable bonds is 3. The van der Waals surface area contributed by atoms with Crippen molar-refractivity contribution in [1.82, 2.24) is 25.1 Å². The van der Waals surface area contributed by atoms with Crippen LogP contribution in [0.15, 0.2) is 11.6 Å². The van der Waals surface area contributed by atoms with Gasteiger partial charge in [0.1, 0.15) is 10.8 Å². The Labute approximate surface area is 126 Å². The van der Waals surface area contributed by atoms with Gasteiger partial charge in [0.05, 0.1) is 5.54 Å². The molecule has 112 valence electrons. The number of carbonyl (C=O) groups excluding carboxylic acids is 1. The van der Waals surface area contributed by atoms with Crippen LogP contribution in [0, 0.1) is 0 Å². The molecule has 0 saturated carbocycles. The third-order valence-corrected chi connectivity index (χ3v) is 4.48. The SMILES string of the molecule is CC(C)(NC(=O)Nc1nc2n(n1)CCCC2)c1nccs1. The van der Waals surface area contributed by atoms with Gasteiger partial charge in [-0.15, -0.1) is 16.4 Å². The van der Waals surface area contributed by atoms with E-state index in [1.807, 2.05) is 23.9 Å². The van der Waals surface area contributed by atoms with E-state index in [2.05, 4.69) is 25.7 Å². The van der Waals surface area contributed by atoms with Crippen molar-refractivity contribution in [3.63, 3.8) is 0 Å². The van der Waals surface area contributed by atoms with Gasteiger partial charge in [0, 0.05) is 24.5 Å². The van der Waals surface area contributed by atoms with Gasteiger partial charge in [-0.3, -0.25) is 5.32 Å². The molecule has 2 amide bonds. The van der Waals surface area contributed by atoms with Gasteiger partial charge in [-0.05, 0) is 26.7 Å². The number of aryl methyl sites for hydroxylation is 2. The second-order valence-corrected chi connectivity index (χ2v) is 6.47. The van der Waals surface area contributed by atoms with Crippen LogP contribution in [-0.2, 0) is 18.5 Å². The fourth-order valence-electron chi connectivity index (χ4n) is 2.34. The van der Waals surface area contributed by atoms with Crippen LogP contribution in [-0.4, -0.2) is 25.8 Å². The van der Waals surface area contributed by atoms with E-state index >= 15 is 0 Å². The summed E-state index contributed by atoms with van der Waals surface area (Å²) in [6.07, 6.45) is 4.88. The van der Waals surface area contributed by atoms with Crippen LogP contribution >= 0.6 is 11.3 Å². The second-order valence-electron chi connectivity index (χ2n) is 5.57. The smallest absolute Gasteiger partial charge is 0.322 e. The Morgan fingerprint density at radius 3 is 3.00 bits per heavy atom. The molecule has 3 rings (SSSR count). The maximum atomic E-state index is 12.1. The van der Waals surface area contributed by atoms with Crippen LogP contribution in [0.4, 0.5) is 10.7 Å². The number of fused-ring (bicyclic) bond motifs is 1. The van der Waals surface area contributed by atoms with Crippen LogP contribution in [0.1, 0.15) is 37.5 Å². The highest BCUT2D eigenvalue weighted by molar-refractivity contribution is 7.09. The summed E-state index contributed by atoms with van der Waals surface area (Å²) >= 11 is 1.51. The maximum absolute atomic E-state index is 12.1. The van der Waals surface area contributed by atoms with Crippen molar-refractivity contribution in [2.75, 3.05) is 5.32 Å². The van der Waals surface area contributed by atoms with E-state index in [0.29, 0.717) is 5.95 Å². The number of aromatic nitrogens is 4. The van der Waals surface area contributed by atoms with E-state index in [9.17, 15) is 4.79 Å². The van der Waals surface area contributed by atoms with Gasteiger partial charge >= 0.3 is 6.03 Å². The monoisotopic (exact) mass is 306 g/mol. The first kappa shape index (κ1) is 14.0. The molecule has 2 aromatic rings. The van der Waals surface area contributed by atoms with Gasteiger partial charge in [-0.25, -0.2) is 14.5 Å². The lowest BCUT2D eigenvalue weighted by atomic mass is 10.1. The number of carbonyl (C=O) groups is 1. The molecule has 0 atom stereocenters. The Hall–Kier alpha value is -1.96. The summed E-state index contributed by atoms with van der Waals surface area (Å²) in [5.74, 6) is 1.30. The van der Waals surface area contributed by atoms with E-state index < -0.39 is 5.54 Å². The van der Waals surface area contributed by atoms with Crippen molar-refractivity contribution in [3.8, 4) is 0 Å². The van der Waals surface area contributed by atoms with Crippen molar-refractivity contribution < 1.29 is 4.79 Å². The van der Waals surface area contributed by atoms with Crippen molar-refractivity contribution >= 4 is 23.3 Å². The topological polar surface area (TPSA) is 84.7 Å². The van der Waals surface area contributed by atoms with E-state index in [-0.39, 0.29) is 6.03 Å². The van der Waals surface area contributed by atoms with Crippen LogP contribution in [0.3, 0.4) is 0 Å². The number of anilines is 1. The first-order chi connectivity index (χ1) is 10.0. The predicted octanol–water partition coefficient (Wildman–Crippen LogP) is 2.13. The summed E-state index contributed by atoms with van der Waals surface area (Å²) < 4.78 is 1.87. The lowest BCUT2D eigenvalue weighted by molar-refractivity contribution is 0.241. The summed E-state index contributed by atoms with van der Waals surface area (Å²) in [5.41, 5.74) is -0.530. The molecule has 0 bridgehead atoms. The minimum Gasteiger partial charge on any atom is -0.326 e. The van der Waals surface area contributed by atoms with Crippen LogP contribution < -0.4 is 10.6 Å². The highest BCUT2D eigenvalue weighted by Gasteiger charge is 2.26. The van der Waals surface area contributed by atoms with E-state index in [4.69, 9.17) is 0 Å². The lowest BCUT2D eigenvalue weighted by Crippen LogP contribution is -2.43. The van der Waals surface area contributed by atoms with Crippen LogP contribution in [0.2, 0.25) is 0 Å². The van der Waals surface area contributed by atoms with Gasteiger partial charge in [-0.2, -0.15) is 4.98 Å². The highest BCUT2D eigenvalue weighted by atomic mass is 32.1. The molecular formula is C13H18N6OS. The molecule has 7 nitrogen and oxygen atoms in total. The summed E-state index contributed by atoms with van der Waals surface area (Å²) in [4.78, 5) is 20.7. The minimum absolute atomic E-state index is 0.321. The number of nitrogens with one attached hydrogen (secondary N) is 2. The molecule has 0 aliphatic carbocycles. The molecule has 0 unspecified atom stereocenters. The van der Waals surface area contributed by atoms with Crippen LogP contribution in [0.25, 0.3) is 0 Å². The molecule has 1 aliphatic rings. The standard InChI is InChI=1S/C13H18N6OS/c1-13(2,10-14-6-8-21-10)17-12(20)16-11-15-9-5-3-4-7-19(9)18-11/h6,8H,3-5,7H2,1-2H3,(H2,16,17,18,20). The summed E-state index contributed by atoms with van der Waals surface area (Å²) in [5, 5.41) is 12.6. The zero-order valence-electron chi connectivity index (χ0n) is 12.1. The van der Waals surface area contributed by atoms with Crippen molar-refractivity contribution in [2.24, 2.45) is 0 Å². The Kier molecular flexibility index (Phi) is 3.62. The summed E-state index contributed by atoms with van der Waals surface area (Å²) in [6, 6.07) is -0.321. The first-order valence-corrected chi connectivity index (χ1v) is 7.85. The van der Waals surface area contributed by atoms with Gasteiger partial charge in [0.15, 0.2) is 0 Å². The number of hydrogen-bond acceptors (Lipinski definition) is 5. The molecule has 0 radical (unpaired) electrons. The third kappa shape index (κ3) is 3.05. The summed E-state index contributed by atoms with van der Waals surface area (Å²) in [7, 11) is 0. The second kappa shape index (κ2) is 5.44. The predicted molar refractivity (Wildman–Crippen MR) is 80.3 cm³/mol. The molecule has 0 saturated heterocycles. The van der Waals surface area contributed by atoms with E-state index in [1.165, 1.54) is 11.3 Å². The third-order valence-electron chi connectivity index (χ3n) is 3.39. The van der Waals surface area contributed by atoms with Crippen molar-refractivity contribution in [3.05, 3.63) is 22.4 Å². The Morgan fingerprint density at radius 1 is 1.43 bits per heavy atom. The van der Waals surface area contributed by atoms with Crippen LogP contribution in [0.5, 0.6) is 0 Å². The summed E-state index contributed by atoms with van der Waals surface area (Å²) in [6.45, 7) is 4.70. The van der Waals surface area contributed by atoms with E-state index in [1.54, 1.807) is 6.20 Å². The Balaban J connectivity index is 1.65. The van der Waals surface area contributed by atoms with Crippen molar-refractivity contribution in [2.45, 2.75) is 45.2 Å². The number of thiazole rings is 1. The Bertz CT molecular complexity index is 610. The van der Waals surface area contributed by atoms with Gasteiger partial charge in [-0.1, -0.05) is 0 Å². The fraction of sp³-hybridized carbons (Fsp3) is 0.538. The molecule has 8 heteroatoms. The zero-order chi connectivity index (χ0) is 14.9. The number of hydrogen-bond donors (Lipinski definition) is 2. The molecule has 2 aromatic heterocycles. The minimum atomic E-state index is -0.530. The number of nitrogens with zero attached hydrogens (tertiary/aromatic N) is 4.